The van der Waals surface area contributed by atoms with Gasteiger partial charge in [-0.25, -0.2) is 4.57 Å². The molecule has 0 aliphatic heterocycles. The minimum absolute atomic E-state index is 0.862. The SMILES string of the molecule is CCCCCCCCCCCCOc1ccccc1.O=P(O)(O)O. The molecule has 0 saturated heterocycles. The molecule has 3 N–H and O–H groups in total. The monoisotopic (exact) mass is 360 g/mol. The van der Waals surface area contributed by atoms with Crippen molar-refractivity contribution in [2.45, 2.75) is 71.1 Å². The van der Waals surface area contributed by atoms with Crippen LogP contribution >= 0.6 is 7.82 Å². The number of ether oxygens (including phenoxy) is 1. The summed E-state index contributed by atoms with van der Waals surface area (Å²) in [5.41, 5.74) is 0. The Morgan fingerprint density at radius 2 is 1.21 bits per heavy atom. The maximum Gasteiger partial charge on any atom is 0.466 e. The number of rotatable bonds is 12. The molecule has 1 rings (SSSR count). The van der Waals surface area contributed by atoms with Crippen molar-refractivity contribution < 1.29 is 24.0 Å². The van der Waals surface area contributed by atoms with Crippen molar-refractivity contribution in [2.75, 3.05) is 6.61 Å². The van der Waals surface area contributed by atoms with Gasteiger partial charge in [0.25, 0.3) is 0 Å². The van der Waals surface area contributed by atoms with Gasteiger partial charge in [-0.15, -0.1) is 0 Å². The summed E-state index contributed by atoms with van der Waals surface area (Å²) >= 11 is 0. The van der Waals surface area contributed by atoms with Crippen molar-refractivity contribution >= 4 is 7.82 Å². The molecule has 0 spiro atoms. The van der Waals surface area contributed by atoms with Gasteiger partial charge in [-0.1, -0.05) is 82.9 Å². The first-order valence-electron chi connectivity index (χ1n) is 8.89. The molecule has 0 aliphatic carbocycles. The van der Waals surface area contributed by atoms with Crippen LogP contribution in [0, 0.1) is 0 Å². The van der Waals surface area contributed by atoms with Crippen LogP contribution in [-0.4, -0.2) is 21.3 Å². The van der Waals surface area contributed by atoms with Crippen molar-refractivity contribution in [1.82, 2.24) is 0 Å². The normalized spacial score (nSPS) is 10.8. The van der Waals surface area contributed by atoms with Gasteiger partial charge >= 0.3 is 7.82 Å². The molecule has 0 unspecified atom stereocenters. The Kier molecular flexibility index (Phi) is 15.1. The fourth-order valence-electron chi connectivity index (χ4n) is 2.30. The standard InChI is InChI=1S/C18H30O.H3O4P/c1-2-3-4-5-6-7-8-9-10-14-17-19-18-15-12-11-13-16-18;1-5(2,3)4/h11-13,15-16H,2-10,14,17H2,1H3;(H3,1,2,3,4). The van der Waals surface area contributed by atoms with Gasteiger partial charge in [-0.05, 0) is 18.6 Å². The first-order valence-corrected chi connectivity index (χ1v) is 10.5. The lowest BCUT2D eigenvalue weighted by Gasteiger charge is -2.05. The smallest absolute Gasteiger partial charge is 0.466 e. The first kappa shape index (κ1) is 23.1. The minimum atomic E-state index is -4.64. The fraction of sp³-hybridized carbons (Fsp3) is 0.667. The van der Waals surface area contributed by atoms with E-state index >= 15 is 0 Å². The number of phosphoric acid groups is 1. The summed E-state index contributed by atoms with van der Waals surface area (Å²) in [6, 6.07) is 10.1. The molecule has 6 heteroatoms. The van der Waals surface area contributed by atoms with E-state index in [0.717, 1.165) is 12.4 Å². The van der Waals surface area contributed by atoms with Gasteiger partial charge in [-0.2, -0.15) is 0 Å². The van der Waals surface area contributed by atoms with Gasteiger partial charge in [0.05, 0.1) is 6.61 Å². The predicted molar refractivity (Wildman–Crippen MR) is 98.0 cm³/mol. The Bertz CT molecular complexity index is 410. The molecular weight excluding hydrogens is 327 g/mol. The Morgan fingerprint density at radius 3 is 1.67 bits per heavy atom. The van der Waals surface area contributed by atoms with Crippen molar-refractivity contribution in [2.24, 2.45) is 0 Å². The number of hydrogen-bond acceptors (Lipinski definition) is 2. The molecule has 0 aromatic heterocycles. The van der Waals surface area contributed by atoms with Gasteiger partial charge in [-0.3, -0.25) is 0 Å². The molecule has 0 fully saturated rings. The number of benzene rings is 1. The zero-order chi connectivity index (χ0) is 18.1. The van der Waals surface area contributed by atoms with Gasteiger partial charge in [0.15, 0.2) is 0 Å². The Hall–Kier alpha value is -0.870. The number of para-hydroxylation sites is 1. The minimum Gasteiger partial charge on any atom is -0.494 e. The zero-order valence-electron chi connectivity index (χ0n) is 14.8. The van der Waals surface area contributed by atoms with Crippen LogP contribution < -0.4 is 4.74 Å². The molecule has 140 valence electrons. The third-order valence-corrected chi connectivity index (χ3v) is 3.51. The maximum absolute atomic E-state index is 8.88. The Morgan fingerprint density at radius 1 is 0.792 bits per heavy atom. The number of hydrogen-bond donors (Lipinski definition) is 3. The molecule has 5 nitrogen and oxygen atoms in total. The van der Waals surface area contributed by atoms with Crippen molar-refractivity contribution in [3.8, 4) is 5.75 Å². The summed E-state index contributed by atoms with van der Waals surface area (Å²) in [5.74, 6) is 0.999. The lowest BCUT2D eigenvalue weighted by atomic mass is 10.1. The van der Waals surface area contributed by atoms with E-state index < -0.39 is 7.82 Å². The Balaban J connectivity index is 0.000000922. The van der Waals surface area contributed by atoms with E-state index in [2.05, 4.69) is 6.92 Å². The van der Waals surface area contributed by atoms with Crippen LogP contribution in [0.15, 0.2) is 30.3 Å². The molecule has 0 atom stereocenters. The van der Waals surface area contributed by atoms with Gasteiger partial charge in [0.2, 0.25) is 0 Å². The predicted octanol–water partition coefficient (Wildman–Crippen LogP) is 5.06. The molecule has 0 aliphatic rings. The summed E-state index contributed by atoms with van der Waals surface area (Å²) in [4.78, 5) is 21.6. The third-order valence-electron chi connectivity index (χ3n) is 3.51. The van der Waals surface area contributed by atoms with Gasteiger partial charge in [0.1, 0.15) is 5.75 Å². The molecule has 0 saturated carbocycles. The van der Waals surface area contributed by atoms with E-state index in [9.17, 15) is 0 Å². The van der Waals surface area contributed by atoms with Gasteiger partial charge < -0.3 is 19.4 Å². The average Bonchev–Trinajstić information content (AvgIpc) is 2.52. The van der Waals surface area contributed by atoms with E-state index in [-0.39, 0.29) is 0 Å². The van der Waals surface area contributed by atoms with Crippen molar-refractivity contribution in [3.05, 3.63) is 30.3 Å². The van der Waals surface area contributed by atoms with E-state index in [1.165, 1.54) is 64.2 Å². The molecule has 1 aromatic rings. The van der Waals surface area contributed by atoms with Crippen LogP contribution in [-0.2, 0) is 4.57 Å². The summed E-state index contributed by atoms with van der Waals surface area (Å²) in [6.45, 7) is 3.14. The summed E-state index contributed by atoms with van der Waals surface area (Å²) < 4.78 is 14.6. The van der Waals surface area contributed by atoms with E-state index in [1.54, 1.807) is 0 Å². The molecule has 0 radical (unpaired) electrons. The Labute approximate surface area is 146 Å². The topological polar surface area (TPSA) is 87.0 Å². The van der Waals surface area contributed by atoms with Gasteiger partial charge in [0, 0.05) is 0 Å². The maximum atomic E-state index is 8.88. The third kappa shape index (κ3) is 21.1. The van der Waals surface area contributed by atoms with Crippen molar-refractivity contribution in [1.29, 1.82) is 0 Å². The second-order valence-corrected chi connectivity index (χ2v) is 6.88. The second-order valence-electron chi connectivity index (χ2n) is 5.86. The lowest BCUT2D eigenvalue weighted by Crippen LogP contribution is -1.96. The zero-order valence-corrected chi connectivity index (χ0v) is 15.7. The van der Waals surface area contributed by atoms with E-state index in [1.807, 2.05) is 30.3 Å². The van der Waals surface area contributed by atoms with Crippen LogP contribution in [0.4, 0.5) is 0 Å². The van der Waals surface area contributed by atoms with Crippen LogP contribution in [0.25, 0.3) is 0 Å². The summed E-state index contributed by atoms with van der Waals surface area (Å²) in [6.07, 6.45) is 13.7. The second kappa shape index (κ2) is 15.6. The van der Waals surface area contributed by atoms with Crippen LogP contribution in [0.2, 0.25) is 0 Å². The molecule has 0 bridgehead atoms. The molecule has 1 aromatic carbocycles. The van der Waals surface area contributed by atoms with E-state index in [0.29, 0.717) is 0 Å². The highest BCUT2D eigenvalue weighted by atomic mass is 31.2. The van der Waals surface area contributed by atoms with E-state index in [4.69, 9.17) is 24.0 Å². The molecule has 24 heavy (non-hydrogen) atoms. The summed E-state index contributed by atoms with van der Waals surface area (Å²) in [7, 11) is -4.64. The fourth-order valence-corrected chi connectivity index (χ4v) is 2.30. The highest BCUT2D eigenvalue weighted by Gasteiger charge is 2.00. The van der Waals surface area contributed by atoms with Crippen LogP contribution in [0.5, 0.6) is 5.75 Å². The number of unbranched alkanes of at least 4 members (excludes halogenated alkanes) is 9. The van der Waals surface area contributed by atoms with Crippen LogP contribution in [0.3, 0.4) is 0 Å². The molecule has 0 heterocycles. The molecular formula is C18H33O5P. The average molecular weight is 360 g/mol. The van der Waals surface area contributed by atoms with Crippen LogP contribution in [0.1, 0.15) is 71.1 Å². The largest absolute Gasteiger partial charge is 0.494 e. The summed E-state index contributed by atoms with van der Waals surface area (Å²) in [5, 5.41) is 0. The highest BCUT2D eigenvalue weighted by molar-refractivity contribution is 7.45. The quantitative estimate of drug-likeness (QED) is 0.358. The highest BCUT2D eigenvalue weighted by Crippen LogP contribution is 2.25. The lowest BCUT2D eigenvalue weighted by molar-refractivity contribution is 0.275. The molecule has 0 amide bonds. The van der Waals surface area contributed by atoms with Crippen molar-refractivity contribution in [3.63, 3.8) is 0 Å². The first-order chi connectivity index (χ1) is 11.4.